The van der Waals surface area contributed by atoms with E-state index in [1.54, 1.807) is 18.2 Å². The average Bonchev–Trinajstić information content (AvgIpc) is 3.13. The summed E-state index contributed by atoms with van der Waals surface area (Å²) in [5.74, 6) is -1.44. The molecule has 146 valence electrons. The smallest absolute Gasteiger partial charge is 0.328 e. The second-order valence-corrected chi connectivity index (χ2v) is 7.06. The SMILES string of the molecule is Cc1cccc(C(=O)N[C@@H](C)C(=O)OCC(=O)Nc2ccc3c(c2)CCC3)c1. The molecular weight excluding hydrogens is 356 g/mol. The highest BCUT2D eigenvalue weighted by molar-refractivity contribution is 5.97. The van der Waals surface area contributed by atoms with Gasteiger partial charge in [-0.15, -0.1) is 0 Å². The van der Waals surface area contributed by atoms with Crippen molar-refractivity contribution in [3.8, 4) is 0 Å². The second kappa shape index (κ2) is 8.69. The first-order valence-corrected chi connectivity index (χ1v) is 9.38. The van der Waals surface area contributed by atoms with E-state index in [4.69, 9.17) is 4.74 Å². The molecule has 0 unspecified atom stereocenters. The Hall–Kier alpha value is -3.15. The molecule has 0 spiro atoms. The van der Waals surface area contributed by atoms with Crippen molar-refractivity contribution < 1.29 is 19.1 Å². The van der Waals surface area contributed by atoms with Crippen molar-refractivity contribution in [3.05, 3.63) is 64.7 Å². The third-order valence-electron chi connectivity index (χ3n) is 4.71. The molecule has 1 atom stereocenters. The highest BCUT2D eigenvalue weighted by Crippen LogP contribution is 2.24. The number of amides is 2. The minimum Gasteiger partial charge on any atom is -0.454 e. The lowest BCUT2D eigenvalue weighted by molar-refractivity contribution is -0.148. The van der Waals surface area contributed by atoms with Gasteiger partial charge in [0.05, 0.1) is 0 Å². The summed E-state index contributed by atoms with van der Waals surface area (Å²) in [5.41, 5.74) is 4.69. The Morgan fingerprint density at radius 2 is 1.86 bits per heavy atom. The maximum Gasteiger partial charge on any atom is 0.328 e. The normalized spacial score (nSPS) is 13.4. The third kappa shape index (κ3) is 4.97. The first-order chi connectivity index (χ1) is 13.4. The van der Waals surface area contributed by atoms with E-state index in [1.165, 1.54) is 18.1 Å². The van der Waals surface area contributed by atoms with Crippen LogP contribution in [0.2, 0.25) is 0 Å². The van der Waals surface area contributed by atoms with Gasteiger partial charge < -0.3 is 15.4 Å². The molecule has 0 fully saturated rings. The molecule has 0 radical (unpaired) electrons. The Kier molecular flexibility index (Phi) is 6.09. The van der Waals surface area contributed by atoms with Gasteiger partial charge in [0.15, 0.2) is 6.61 Å². The minimum absolute atomic E-state index is 0.365. The van der Waals surface area contributed by atoms with Crippen molar-refractivity contribution >= 4 is 23.5 Å². The van der Waals surface area contributed by atoms with Crippen molar-refractivity contribution in [3.63, 3.8) is 0 Å². The zero-order chi connectivity index (χ0) is 20.1. The molecule has 0 aliphatic heterocycles. The molecule has 1 aliphatic rings. The number of anilines is 1. The van der Waals surface area contributed by atoms with E-state index in [2.05, 4.69) is 10.6 Å². The molecule has 2 N–H and O–H groups in total. The molecule has 28 heavy (non-hydrogen) atoms. The molecule has 2 aromatic carbocycles. The van der Waals surface area contributed by atoms with Crippen molar-refractivity contribution in [2.45, 2.75) is 39.2 Å². The monoisotopic (exact) mass is 380 g/mol. The van der Waals surface area contributed by atoms with Gasteiger partial charge in [0, 0.05) is 11.3 Å². The Labute approximate surface area is 164 Å². The van der Waals surface area contributed by atoms with E-state index < -0.39 is 24.5 Å². The van der Waals surface area contributed by atoms with Crippen LogP contribution in [0, 0.1) is 6.92 Å². The van der Waals surface area contributed by atoms with E-state index in [1.807, 2.05) is 31.2 Å². The summed E-state index contributed by atoms with van der Waals surface area (Å²) in [6.45, 7) is 3.00. The van der Waals surface area contributed by atoms with E-state index in [0.29, 0.717) is 11.3 Å². The van der Waals surface area contributed by atoms with Gasteiger partial charge in [0.2, 0.25) is 0 Å². The number of fused-ring (bicyclic) bond motifs is 1. The molecule has 6 nitrogen and oxygen atoms in total. The third-order valence-corrected chi connectivity index (χ3v) is 4.71. The van der Waals surface area contributed by atoms with E-state index in [0.717, 1.165) is 24.8 Å². The summed E-state index contributed by atoms with van der Waals surface area (Å²) in [6.07, 6.45) is 3.23. The van der Waals surface area contributed by atoms with Gasteiger partial charge in [-0.2, -0.15) is 0 Å². The van der Waals surface area contributed by atoms with Gasteiger partial charge in [-0.1, -0.05) is 23.8 Å². The van der Waals surface area contributed by atoms with Gasteiger partial charge in [-0.05, 0) is 68.5 Å². The Morgan fingerprint density at radius 3 is 2.64 bits per heavy atom. The summed E-state index contributed by atoms with van der Waals surface area (Å²) in [5, 5.41) is 5.31. The van der Waals surface area contributed by atoms with Crippen LogP contribution in [0.1, 0.15) is 40.4 Å². The Balaban J connectivity index is 1.46. The number of carbonyl (C=O) groups excluding carboxylic acids is 3. The van der Waals surface area contributed by atoms with Gasteiger partial charge in [-0.25, -0.2) is 4.79 Å². The molecular formula is C22H24N2O4. The molecule has 0 bridgehead atoms. The van der Waals surface area contributed by atoms with Crippen molar-refractivity contribution in [1.29, 1.82) is 0 Å². The zero-order valence-electron chi connectivity index (χ0n) is 16.1. The van der Waals surface area contributed by atoms with Crippen LogP contribution in [0.4, 0.5) is 5.69 Å². The highest BCUT2D eigenvalue weighted by Gasteiger charge is 2.19. The minimum atomic E-state index is -0.860. The van der Waals surface area contributed by atoms with Crippen LogP contribution in [0.3, 0.4) is 0 Å². The van der Waals surface area contributed by atoms with Crippen LogP contribution < -0.4 is 10.6 Å². The van der Waals surface area contributed by atoms with Gasteiger partial charge in [0.1, 0.15) is 6.04 Å². The summed E-state index contributed by atoms with van der Waals surface area (Å²) >= 11 is 0. The topological polar surface area (TPSA) is 84.5 Å². The van der Waals surface area contributed by atoms with Gasteiger partial charge in [-0.3, -0.25) is 9.59 Å². The lowest BCUT2D eigenvalue weighted by Gasteiger charge is -2.14. The van der Waals surface area contributed by atoms with Crippen molar-refractivity contribution in [2.24, 2.45) is 0 Å². The molecule has 2 aromatic rings. The lowest BCUT2D eigenvalue weighted by Crippen LogP contribution is -2.40. The summed E-state index contributed by atoms with van der Waals surface area (Å²) in [7, 11) is 0. The fourth-order valence-corrected chi connectivity index (χ4v) is 3.23. The fourth-order valence-electron chi connectivity index (χ4n) is 3.23. The van der Waals surface area contributed by atoms with E-state index >= 15 is 0 Å². The van der Waals surface area contributed by atoms with Crippen molar-refractivity contribution in [2.75, 3.05) is 11.9 Å². The largest absolute Gasteiger partial charge is 0.454 e. The van der Waals surface area contributed by atoms with Crippen LogP contribution in [0.25, 0.3) is 0 Å². The van der Waals surface area contributed by atoms with Crippen LogP contribution in [-0.2, 0) is 27.2 Å². The van der Waals surface area contributed by atoms with Crippen molar-refractivity contribution in [1.82, 2.24) is 5.32 Å². The Bertz CT molecular complexity index is 907. The summed E-state index contributed by atoms with van der Waals surface area (Å²) in [6, 6.07) is 12.0. The molecule has 6 heteroatoms. The molecule has 0 aromatic heterocycles. The van der Waals surface area contributed by atoms with Crippen LogP contribution >= 0.6 is 0 Å². The van der Waals surface area contributed by atoms with Crippen LogP contribution in [-0.4, -0.2) is 30.4 Å². The van der Waals surface area contributed by atoms with E-state index in [-0.39, 0.29) is 5.91 Å². The maximum atomic E-state index is 12.2. The molecule has 3 rings (SSSR count). The Morgan fingerprint density at radius 1 is 1.07 bits per heavy atom. The number of hydrogen-bond donors (Lipinski definition) is 2. The number of aryl methyl sites for hydroxylation is 3. The first-order valence-electron chi connectivity index (χ1n) is 9.38. The quantitative estimate of drug-likeness (QED) is 0.755. The molecule has 0 heterocycles. The number of benzene rings is 2. The number of nitrogens with one attached hydrogen (secondary N) is 2. The first kappa shape index (κ1) is 19.6. The number of esters is 1. The highest BCUT2D eigenvalue weighted by atomic mass is 16.5. The predicted molar refractivity (Wildman–Crippen MR) is 106 cm³/mol. The van der Waals surface area contributed by atoms with Gasteiger partial charge >= 0.3 is 5.97 Å². The predicted octanol–water partition coefficient (Wildman–Crippen LogP) is 2.78. The maximum absolute atomic E-state index is 12.2. The zero-order valence-corrected chi connectivity index (χ0v) is 16.1. The average molecular weight is 380 g/mol. The number of rotatable bonds is 6. The number of hydrogen-bond acceptors (Lipinski definition) is 4. The number of carbonyl (C=O) groups is 3. The fraction of sp³-hybridized carbons (Fsp3) is 0.318. The summed E-state index contributed by atoms with van der Waals surface area (Å²) in [4.78, 5) is 36.3. The molecule has 0 saturated carbocycles. The molecule has 0 saturated heterocycles. The van der Waals surface area contributed by atoms with Crippen LogP contribution in [0.15, 0.2) is 42.5 Å². The van der Waals surface area contributed by atoms with E-state index in [9.17, 15) is 14.4 Å². The lowest BCUT2D eigenvalue weighted by atomic mass is 10.1. The number of ether oxygens (including phenoxy) is 1. The van der Waals surface area contributed by atoms with Gasteiger partial charge in [0.25, 0.3) is 11.8 Å². The summed E-state index contributed by atoms with van der Waals surface area (Å²) < 4.78 is 5.03. The second-order valence-electron chi connectivity index (χ2n) is 7.06. The molecule has 1 aliphatic carbocycles. The molecule has 2 amide bonds. The standard InChI is InChI=1S/C22H24N2O4/c1-14-5-3-8-18(11-14)21(26)23-15(2)22(27)28-13-20(25)24-19-10-9-16-6-4-7-17(16)12-19/h3,5,8-12,15H,4,6-7,13H2,1-2H3,(H,23,26)(H,24,25)/t15-/m0/s1. The van der Waals surface area contributed by atoms with Crippen LogP contribution in [0.5, 0.6) is 0 Å².